The van der Waals surface area contributed by atoms with Gasteiger partial charge in [0.05, 0.1) is 18.8 Å². The predicted octanol–water partition coefficient (Wildman–Crippen LogP) is 4.05. The molecule has 2 aromatic rings. The molecule has 8 heteroatoms. The van der Waals surface area contributed by atoms with Gasteiger partial charge in [0.2, 0.25) is 0 Å². The van der Waals surface area contributed by atoms with E-state index in [1.54, 1.807) is 48.5 Å². The summed E-state index contributed by atoms with van der Waals surface area (Å²) in [6.07, 6.45) is 5.26. The second kappa shape index (κ2) is 14.5. The Labute approximate surface area is 194 Å². The monoisotopic (exact) mass is 456 g/mol. The Kier molecular flexibility index (Phi) is 11.3. The molecule has 0 aliphatic rings. The average molecular weight is 457 g/mol. The number of nitrogens with one attached hydrogen (secondary N) is 2. The van der Waals surface area contributed by atoms with Gasteiger partial charge >= 0.3 is 5.97 Å². The van der Waals surface area contributed by atoms with E-state index < -0.39 is 17.8 Å². The molecule has 2 rings (SSSR count). The zero-order valence-corrected chi connectivity index (χ0v) is 19.2. The van der Waals surface area contributed by atoms with Crippen molar-refractivity contribution in [1.29, 1.82) is 0 Å². The fraction of sp³-hybridized carbons (Fsp3) is 0.400. The molecular formula is C25H32N2O6. The first-order valence-corrected chi connectivity index (χ1v) is 11.3. The van der Waals surface area contributed by atoms with Crippen LogP contribution < -0.4 is 20.3 Å². The number of esters is 1. The third kappa shape index (κ3) is 9.64. The highest BCUT2D eigenvalue weighted by Crippen LogP contribution is 2.14. The van der Waals surface area contributed by atoms with E-state index in [1.807, 2.05) is 6.92 Å². The number of rotatable bonds is 13. The third-order valence-electron chi connectivity index (χ3n) is 4.60. The van der Waals surface area contributed by atoms with Gasteiger partial charge in [0.15, 0.2) is 6.61 Å². The lowest BCUT2D eigenvalue weighted by molar-refractivity contribution is -0.123. The molecule has 0 bridgehead atoms. The average Bonchev–Trinajstić information content (AvgIpc) is 2.85. The molecule has 0 heterocycles. The molecule has 0 saturated heterocycles. The summed E-state index contributed by atoms with van der Waals surface area (Å²) in [6.45, 7) is 4.78. The van der Waals surface area contributed by atoms with Crippen LogP contribution in [0.5, 0.6) is 11.5 Å². The van der Waals surface area contributed by atoms with Gasteiger partial charge in [-0.25, -0.2) is 4.79 Å². The Morgan fingerprint density at radius 3 is 1.97 bits per heavy atom. The normalized spacial score (nSPS) is 10.2. The number of benzene rings is 2. The minimum atomic E-state index is -0.526. The van der Waals surface area contributed by atoms with Crippen LogP contribution in [0.3, 0.4) is 0 Å². The summed E-state index contributed by atoms with van der Waals surface area (Å²) in [6, 6.07) is 13.0. The van der Waals surface area contributed by atoms with Crippen LogP contribution in [0.15, 0.2) is 48.5 Å². The van der Waals surface area contributed by atoms with Gasteiger partial charge in [0.25, 0.3) is 11.8 Å². The minimum absolute atomic E-state index is 0.301. The molecule has 2 amide bonds. The second-order valence-electron chi connectivity index (χ2n) is 7.38. The number of unbranched alkanes of at least 4 members (excludes halogenated alkanes) is 3. The first-order valence-electron chi connectivity index (χ1n) is 11.3. The van der Waals surface area contributed by atoms with Crippen LogP contribution in [0.4, 0.5) is 0 Å². The molecule has 0 fully saturated rings. The van der Waals surface area contributed by atoms with E-state index in [2.05, 4.69) is 17.8 Å². The van der Waals surface area contributed by atoms with Crippen LogP contribution in [0.1, 0.15) is 66.7 Å². The smallest absolute Gasteiger partial charge is 0.338 e. The Balaban J connectivity index is 1.69. The van der Waals surface area contributed by atoms with E-state index in [0.29, 0.717) is 35.8 Å². The summed E-state index contributed by atoms with van der Waals surface area (Å²) in [4.78, 5) is 35.9. The standard InChI is InChI=1S/C25H32N2O6/c1-3-5-6-7-17-31-21-12-8-19(9-13-21)24(29)27-26-23(28)18-33-22-14-10-20(11-15-22)25(30)32-16-4-2/h8-15H,3-7,16-18H2,1-2H3,(H,26,28)(H,27,29). The maximum Gasteiger partial charge on any atom is 0.338 e. The summed E-state index contributed by atoms with van der Waals surface area (Å²) in [5.41, 5.74) is 5.44. The number of ether oxygens (including phenoxy) is 3. The van der Waals surface area contributed by atoms with Crippen molar-refractivity contribution in [2.24, 2.45) is 0 Å². The Bertz CT molecular complexity index is 881. The van der Waals surface area contributed by atoms with E-state index in [4.69, 9.17) is 14.2 Å². The summed E-state index contributed by atoms with van der Waals surface area (Å²) < 4.78 is 16.1. The fourth-order valence-corrected chi connectivity index (χ4v) is 2.77. The van der Waals surface area contributed by atoms with Crippen LogP contribution in [0, 0.1) is 0 Å². The number of hydrogen-bond donors (Lipinski definition) is 2. The predicted molar refractivity (Wildman–Crippen MR) is 124 cm³/mol. The number of hydrogen-bond acceptors (Lipinski definition) is 6. The molecule has 0 atom stereocenters. The van der Waals surface area contributed by atoms with E-state index in [9.17, 15) is 14.4 Å². The maximum absolute atomic E-state index is 12.2. The summed E-state index contributed by atoms with van der Waals surface area (Å²) >= 11 is 0. The molecule has 0 radical (unpaired) electrons. The lowest BCUT2D eigenvalue weighted by Crippen LogP contribution is -2.43. The lowest BCUT2D eigenvalue weighted by atomic mass is 10.2. The quantitative estimate of drug-likeness (QED) is 0.268. The van der Waals surface area contributed by atoms with E-state index in [0.717, 1.165) is 19.3 Å². The zero-order valence-electron chi connectivity index (χ0n) is 19.2. The highest BCUT2D eigenvalue weighted by molar-refractivity contribution is 5.95. The molecule has 0 unspecified atom stereocenters. The van der Waals surface area contributed by atoms with Gasteiger partial charge in [-0.1, -0.05) is 33.1 Å². The molecule has 178 valence electrons. The van der Waals surface area contributed by atoms with Gasteiger partial charge in [0, 0.05) is 5.56 Å². The number of amides is 2. The zero-order chi connectivity index (χ0) is 23.9. The molecule has 0 aliphatic carbocycles. The number of carbonyl (C=O) groups is 3. The topological polar surface area (TPSA) is 103 Å². The minimum Gasteiger partial charge on any atom is -0.494 e. The summed E-state index contributed by atoms with van der Waals surface area (Å²) in [5.74, 6) is -0.274. The van der Waals surface area contributed by atoms with Crippen LogP contribution >= 0.6 is 0 Å². The number of hydrazine groups is 1. The fourth-order valence-electron chi connectivity index (χ4n) is 2.77. The molecule has 0 aliphatic heterocycles. The molecule has 2 aromatic carbocycles. The van der Waals surface area contributed by atoms with Gasteiger partial charge in [-0.05, 0) is 61.4 Å². The van der Waals surface area contributed by atoms with Crippen molar-refractivity contribution >= 4 is 17.8 Å². The highest BCUT2D eigenvalue weighted by atomic mass is 16.5. The van der Waals surface area contributed by atoms with E-state index >= 15 is 0 Å². The summed E-state index contributed by atoms with van der Waals surface area (Å²) in [5, 5.41) is 0. The van der Waals surface area contributed by atoms with Gasteiger partial charge in [-0.15, -0.1) is 0 Å². The molecule has 33 heavy (non-hydrogen) atoms. The van der Waals surface area contributed by atoms with Crippen molar-refractivity contribution in [3.63, 3.8) is 0 Å². The molecule has 0 saturated carbocycles. The number of carbonyl (C=O) groups excluding carboxylic acids is 3. The van der Waals surface area contributed by atoms with Crippen molar-refractivity contribution in [1.82, 2.24) is 10.9 Å². The molecule has 8 nitrogen and oxygen atoms in total. The van der Waals surface area contributed by atoms with Crippen molar-refractivity contribution in [3.05, 3.63) is 59.7 Å². The van der Waals surface area contributed by atoms with Gasteiger partial charge < -0.3 is 14.2 Å². The molecular weight excluding hydrogens is 424 g/mol. The summed E-state index contributed by atoms with van der Waals surface area (Å²) in [7, 11) is 0. The first-order chi connectivity index (χ1) is 16.0. The van der Waals surface area contributed by atoms with Crippen LogP contribution in [0.2, 0.25) is 0 Å². The van der Waals surface area contributed by atoms with E-state index in [1.165, 1.54) is 12.8 Å². The van der Waals surface area contributed by atoms with Crippen molar-refractivity contribution in [3.8, 4) is 11.5 Å². The Morgan fingerprint density at radius 2 is 1.33 bits per heavy atom. The van der Waals surface area contributed by atoms with E-state index in [-0.39, 0.29) is 6.61 Å². The maximum atomic E-state index is 12.2. The van der Waals surface area contributed by atoms with Crippen LogP contribution in [0.25, 0.3) is 0 Å². The molecule has 0 spiro atoms. The largest absolute Gasteiger partial charge is 0.494 e. The van der Waals surface area contributed by atoms with Crippen LogP contribution in [-0.2, 0) is 9.53 Å². The third-order valence-corrected chi connectivity index (χ3v) is 4.60. The molecule has 2 N–H and O–H groups in total. The van der Waals surface area contributed by atoms with Crippen LogP contribution in [-0.4, -0.2) is 37.6 Å². The van der Waals surface area contributed by atoms with Crippen molar-refractivity contribution in [2.75, 3.05) is 19.8 Å². The SMILES string of the molecule is CCCCCCOc1ccc(C(=O)NNC(=O)COc2ccc(C(=O)OCCC)cc2)cc1. The Hall–Kier alpha value is -3.55. The van der Waals surface area contributed by atoms with Crippen molar-refractivity contribution in [2.45, 2.75) is 46.0 Å². The van der Waals surface area contributed by atoms with Crippen molar-refractivity contribution < 1.29 is 28.6 Å². The lowest BCUT2D eigenvalue weighted by Gasteiger charge is -2.10. The first kappa shape index (κ1) is 25.7. The van der Waals surface area contributed by atoms with Gasteiger partial charge in [0.1, 0.15) is 11.5 Å². The van der Waals surface area contributed by atoms with Gasteiger partial charge in [-0.3, -0.25) is 20.4 Å². The van der Waals surface area contributed by atoms with Gasteiger partial charge in [-0.2, -0.15) is 0 Å². The Morgan fingerprint density at radius 1 is 0.697 bits per heavy atom. The molecule has 0 aromatic heterocycles. The highest BCUT2D eigenvalue weighted by Gasteiger charge is 2.10. The second-order valence-corrected chi connectivity index (χ2v) is 7.38.